The molecule has 49 heavy (non-hydrogen) atoms. The van der Waals surface area contributed by atoms with Crippen molar-refractivity contribution in [2.24, 2.45) is 0 Å². The number of aryl methyl sites for hydroxylation is 1. The molecule has 8 aromatic rings. The first-order valence-corrected chi connectivity index (χ1v) is 19.9. The third-order valence-electron chi connectivity index (χ3n) is 10.1. The van der Waals surface area contributed by atoms with Gasteiger partial charge in [-0.15, -0.1) is 0 Å². The Morgan fingerprint density at radius 1 is 0.408 bits per heavy atom. The van der Waals surface area contributed by atoms with Crippen LogP contribution < -0.4 is 20.2 Å². The Kier molecular flexibility index (Phi) is 6.82. The van der Waals surface area contributed by atoms with E-state index in [-0.39, 0.29) is 0 Å². The molecular formula is C45H36N2OSi. The van der Waals surface area contributed by atoms with Crippen LogP contribution >= 0.6 is 0 Å². The highest BCUT2D eigenvalue weighted by Crippen LogP contribution is 2.42. The summed E-state index contributed by atoms with van der Waals surface area (Å²) in [5.74, 6) is 0. The molecule has 3 nitrogen and oxygen atoms in total. The van der Waals surface area contributed by atoms with E-state index in [4.69, 9.17) is 4.42 Å². The summed E-state index contributed by atoms with van der Waals surface area (Å²) in [6.07, 6.45) is 0. The van der Waals surface area contributed by atoms with Crippen molar-refractivity contribution < 1.29 is 4.42 Å². The molecule has 0 saturated carbocycles. The minimum Gasteiger partial charge on any atom is -0.456 e. The summed E-state index contributed by atoms with van der Waals surface area (Å²) in [5, 5.41) is 5.23. The second-order valence-electron chi connectivity index (χ2n) is 13.5. The Balaban J connectivity index is 1.18. The molecule has 0 radical (unpaired) electrons. The van der Waals surface area contributed by atoms with Crippen LogP contribution in [-0.4, -0.2) is 8.07 Å². The number of hydrogen-bond acceptors (Lipinski definition) is 3. The Bertz CT molecular complexity index is 2440. The molecule has 0 spiro atoms. The Morgan fingerprint density at radius 2 is 0.939 bits per heavy atom. The van der Waals surface area contributed by atoms with Gasteiger partial charge in [0.05, 0.1) is 0 Å². The Morgan fingerprint density at radius 3 is 1.67 bits per heavy atom. The fraction of sp³-hybridized carbons (Fsp3) is 0.0667. The third-order valence-corrected chi connectivity index (χ3v) is 13.6. The lowest BCUT2D eigenvalue weighted by atomic mass is 10.0. The summed E-state index contributed by atoms with van der Waals surface area (Å²) in [6, 6.07) is 59.2. The van der Waals surface area contributed by atoms with Gasteiger partial charge in [-0.25, -0.2) is 0 Å². The monoisotopic (exact) mass is 648 g/mol. The predicted octanol–water partition coefficient (Wildman–Crippen LogP) is 11.6. The summed E-state index contributed by atoms with van der Waals surface area (Å²) in [6.45, 7) is 7.12. The lowest BCUT2D eigenvalue weighted by molar-refractivity contribution is 0.669. The van der Waals surface area contributed by atoms with Crippen LogP contribution in [0.4, 0.5) is 34.1 Å². The van der Waals surface area contributed by atoms with Crippen LogP contribution in [-0.2, 0) is 0 Å². The van der Waals surface area contributed by atoms with Crippen LogP contribution in [0, 0.1) is 6.92 Å². The van der Waals surface area contributed by atoms with Gasteiger partial charge in [0.2, 0.25) is 0 Å². The largest absolute Gasteiger partial charge is 0.456 e. The van der Waals surface area contributed by atoms with E-state index in [0.29, 0.717) is 0 Å². The average molecular weight is 649 g/mol. The number of hydrogen-bond donors (Lipinski definition) is 0. The van der Waals surface area contributed by atoms with Crippen molar-refractivity contribution in [3.8, 4) is 11.1 Å². The molecule has 1 aliphatic rings. The van der Waals surface area contributed by atoms with Crippen molar-refractivity contribution in [2.75, 3.05) is 9.80 Å². The highest BCUT2D eigenvalue weighted by molar-refractivity contribution is 7.03. The van der Waals surface area contributed by atoms with E-state index in [1.54, 1.807) is 0 Å². The van der Waals surface area contributed by atoms with Gasteiger partial charge >= 0.3 is 0 Å². The van der Waals surface area contributed by atoms with Crippen LogP contribution in [0.3, 0.4) is 0 Å². The fourth-order valence-corrected chi connectivity index (χ4v) is 10.7. The van der Waals surface area contributed by atoms with Gasteiger partial charge in [-0.05, 0) is 107 Å². The third kappa shape index (κ3) is 4.87. The zero-order valence-electron chi connectivity index (χ0n) is 27.9. The van der Waals surface area contributed by atoms with E-state index in [2.05, 4.69) is 181 Å². The van der Waals surface area contributed by atoms with E-state index in [0.717, 1.165) is 50.4 Å². The van der Waals surface area contributed by atoms with Crippen LogP contribution in [0.1, 0.15) is 5.56 Å². The Hall–Kier alpha value is -5.84. The number of rotatable bonds is 6. The zero-order valence-corrected chi connectivity index (χ0v) is 28.9. The van der Waals surface area contributed by atoms with Crippen LogP contribution in [0.2, 0.25) is 13.1 Å². The van der Waals surface area contributed by atoms with E-state index in [1.807, 2.05) is 12.1 Å². The van der Waals surface area contributed by atoms with E-state index < -0.39 is 8.07 Å². The predicted molar refractivity (Wildman–Crippen MR) is 210 cm³/mol. The lowest BCUT2D eigenvalue weighted by Gasteiger charge is -2.27. The van der Waals surface area contributed by atoms with E-state index in [1.165, 1.54) is 32.8 Å². The molecular weight excluding hydrogens is 613 g/mol. The van der Waals surface area contributed by atoms with Crippen molar-refractivity contribution >= 4 is 74.5 Å². The summed E-state index contributed by atoms with van der Waals surface area (Å²) in [4.78, 5) is 4.73. The SMILES string of the molecule is Cc1ccc(N(c2ccc3c(c2)-c2ccc(N(c4ccccc4)c4ccccc4)cc2[Si]3(C)C)c2ccc3c(c2)oc2ccccc23)cc1. The number of benzene rings is 7. The summed E-state index contributed by atoms with van der Waals surface area (Å²) >= 11 is 0. The first kappa shape index (κ1) is 29.3. The molecule has 0 bridgehead atoms. The van der Waals surface area contributed by atoms with Gasteiger partial charge < -0.3 is 14.2 Å². The van der Waals surface area contributed by atoms with Gasteiger partial charge in [0.25, 0.3) is 0 Å². The molecule has 2 heterocycles. The van der Waals surface area contributed by atoms with Crippen molar-refractivity contribution in [2.45, 2.75) is 20.0 Å². The number of furan rings is 1. The maximum absolute atomic E-state index is 6.35. The van der Waals surface area contributed by atoms with Crippen LogP contribution in [0.15, 0.2) is 168 Å². The molecule has 0 aliphatic carbocycles. The molecule has 0 fully saturated rings. The topological polar surface area (TPSA) is 19.6 Å². The van der Waals surface area contributed by atoms with Gasteiger partial charge in [-0.3, -0.25) is 0 Å². The normalized spacial score (nSPS) is 13.0. The average Bonchev–Trinajstić information content (AvgIpc) is 3.61. The second kappa shape index (κ2) is 11.4. The van der Waals surface area contributed by atoms with Crippen LogP contribution in [0.5, 0.6) is 0 Å². The van der Waals surface area contributed by atoms with E-state index in [9.17, 15) is 0 Å². The maximum atomic E-state index is 6.35. The fourth-order valence-electron chi connectivity index (χ4n) is 7.60. The summed E-state index contributed by atoms with van der Waals surface area (Å²) in [7, 11) is -2.00. The first-order valence-electron chi connectivity index (χ1n) is 16.9. The minimum atomic E-state index is -2.00. The molecule has 0 atom stereocenters. The molecule has 0 amide bonds. The molecule has 236 valence electrons. The number of nitrogens with zero attached hydrogens (tertiary/aromatic N) is 2. The molecule has 9 rings (SSSR count). The van der Waals surface area contributed by atoms with Crippen molar-refractivity contribution in [1.29, 1.82) is 0 Å². The van der Waals surface area contributed by atoms with Crippen molar-refractivity contribution in [3.05, 3.63) is 169 Å². The first-order chi connectivity index (χ1) is 24.0. The number of anilines is 6. The van der Waals surface area contributed by atoms with Gasteiger partial charge in [0.15, 0.2) is 0 Å². The zero-order chi connectivity index (χ0) is 33.1. The second-order valence-corrected chi connectivity index (χ2v) is 17.9. The number of para-hydroxylation sites is 3. The molecule has 0 saturated heterocycles. The van der Waals surface area contributed by atoms with Gasteiger partial charge in [-0.1, -0.05) is 97.5 Å². The quantitative estimate of drug-likeness (QED) is 0.167. The van der Waals surface area contributed by atoms with Crippen molar-refractivity contribution in [3.63, 3.8) is 0 Å². The highest BCUT2D eigenvalue weighted by atomic mass is 28.3. The summed E-state index contributed by atoms with van der Waals surface area (Å²) in [5.41, 5.74) is 12.5. The summed E-state index contributed by atoms with van der Waals surface area (Å²) < 4.78 is 6.35. The Labute approximate surface area is 288 Å². The number of fused-ring (bicyclic) bond motifs is 6. The maximum Gasteiger partial charge on any atom is 0.137 e. The van der Waals surface area contributed by atoms with Gasteiger partial charge in [-0.2, -0.15) is 0 Å². The molecule has 0 unspecified atom stereocenters. The highest BCUT2D eigenvalue weighted by Gasteiger charge is 2.38. The van der Waals surface area contributed by atoms with Crippen molar-refractivity contribution in [1.82, 2.24) is 0 Å². The van der Waals surface area contributed by atoms with Gasteiger partial charge in [0, 0.05) is 51.0 Å². The molecule has 1 aliphatic heterocycles. The molecule has 7 aromatic carbocycles. The molecule has 0 N–H and O–H groups in total. The minimum absolute atomic E-state index is 0.893. The molecule has 1 aromatic heterocycles. The lowest BCUT2D eigenvalue weighted by Crippen LogP contribution is -2.49. The molecule has 4 heteroatoms. The smallest absolute Gasteiger partial charge is 0.137 e. The van der Waals surface area contributed by atoms with Crippen LogP contribution in [0.25, 0.3) is 33.1 Å². The van der Waals surface area contributed by atoms with E-state index >= 15 is 0 Å². The van der Waals surface area contributed by atoms with Gasteiger partial charge in [0.1, 0.15) is 19.2 Å². The standard InChI is InChI=1S/C45H36N2OSi/c1-31-18-20-34(21-19-31)47(36-22-25-39-38-16-10-11-17-42(38)48-43(39)29-36)35-24-27-44-41(28-35)40-26-23-37(30-45(40)49(44,2)3)46(32-12-6-4-7-13-32)33-14-8-5-9-15-33/h4-30H,1-3H3.